The van der Waals surface area contributed by atoms with E-state index in [1.54, 1.807) is 0 Å². The van der Waals surface area contributed by atoms with Crippen LogP contribution in [-0.2, 0) is 12.8 Å². The molecule has 1 atom stereocenters. The summed E-state index contributed by atoms with van der Waals surface area (Å²) in [5.74, 6) is 0. The number of rotatable bonds is 1. The van der Waals surface area contributed by atoms with Crippen LogP contribution in [0.3, 0.4) is 0 Å². The normalized spacial score (nSPS) is 18.4. The molecule has 0 saturated carbocycles. The van der Waals surface area contributed by atoms with Crippen molar-refractivity contribution in [2.75, 3.05) is 0 Å². The van der Waals surface area contributed by atoms with E-state index in [0.717, 1.165) is 34.4 Å². The first kappa shape index (κ1) is 15.6. The molecule has 1 heterocycles. The Hall–Kier alpha value is -2.96. The van der Waals surface area contributed by atoms with E-state index in [4.69, 9.17) is 0 Å². The fraction of sp³-hybridized carbons (Fsp3) is 0.182. The van der Waals surface area contributed by atoms with Gasteiger partial charge in [0.2, 0.25) is 0 Å². The van der Waals surface area contributed by atoms with Crippen molar-refractivity contribution in [3.63, 3.8) is 0 Å². The highest BCUT2D eigenvalue weighted by Crippen LogP contribution is 2.33. The van der Waals surface area contributed by atoms with E-state index >= 15 is 0 Å². The lowest BCUT2D eigenvalue weighted by Crippen LogP contribution is -2.06. The zero-order valence-corrected chi connectivity index (χ0v) is 13.8. The predicted octanol–water partition coefficient (Wildman–Crippen LogP) is 4.03. The Morgan fingerprint density at radius 3 is 2.96 bits per heavy atom. The summed E-state index contributed by atoms with van der Waals surface area (Å²) < 4.78 is 0. The van der Waals surface area contributed by atoms with Gasteiger partial charge in [0, 0.05) is 12.6 Å². The van der Waals surface area contributed by atoms with E-state index in [9.17, 15) is 10.4 Å². The number of allylic oxidation sites excluding steroid dienone is 6. The number of aromatic nitrogens is 1. The van der Waals surface area contributed by atoms with Crippen molar-refractivity contribution in [1.82, 2.24) is 4.98 Å². The Morgan fingerprint density at radius 1 is 1.16 bits per heavy atom. The lowest BCUT2D eigenvalue weighted by atomic mass is 9.96. The van der Waals surface area contributed by atoms with Crippen molar-refractivity contribution in [2.24, 2.45) is 0 Å². The molecule has 3 heteroatoms. The van der Waals surface area contributed by atoms with Crippen molar-refractivity contribution in [2.45, 2.75) is 25.4 Å². The van der Waals surface area contributed by atoms with Crippen molar-refractivity contribution in [3.05, 3.63) is 94.4 Å². The highest BCUT2D eigenvalue weighted by Gasteiger charge is 2.24. The zero-order chi connectivity index (χ0) is 17.2. The van der Waals surface area contributed by atoms with Crippen LogP contribution in [-0.4, -0.2) is 10.1 Å². The molecule has 1 unspecified atom stereocenters. The Kier molecular flexibility index (Phi) is 4.05. The van der Waals surface area contributed by atoms with Crippen LogP contribution in [0.5, 0.6) is 0 Å². The third kappa shape index (κ3) is 2.93. The lowest BCUT2D eigenvalue weighted by Gasteiger charge is -2.13. The monoisotopic (exact) mass is 326 g/mol. The van der Waals surface area contributed by atoms with E-state index in [1.165, 1.54) is 5.57 Å². The van der Waals surface area contributed by atoms with Crippen LogP contribution in [0, 0.1) is 11.3 Å². The van der Waals surface area contributed by atoms with Crippen LogP contribution in [0.4, 0.5) is 0 Å². The molecule has 122 valence electrons. The largest absolute Gasteiger partial charge is 0.386 e. The molecular formula is C22H18N2O. The Balaban J connectivity index is 1.79. The molecule has 2 aromatic rings. The first-order valence-electron chi connectivity index (χ1n) is 8.47. The molecule has 0 aliphatic heterocycles. The van der Waals surface area contributed by atoms with Gasteiger partial charge in [-0.25, -0.2) is 0 Å². The summed E-state index contributed by atoms with van der Waals surface area (Å²) in [4.78, 5) is 4.58. The molecule has 0 saturated heterocycles. The van der Waals surface area contributed by atoms with Gasteiger partial charge in [0.25, 0.3) is 0 Å². The van der Waals surface area contributed by atoms with Crippen molar-refractivity contribution >= 4 is 5.57 Å². The molecule has 4 rings (SSSR count). The molecular weight excluding hydrogens is 308 g/mol. The minimum Gasteiger partial charge on any atom is -0.386 e. The maximum atomic E-state index is 10.6. The molecule has 0 radical (unpaired) electrons. The van der Waals surface area contributed by atoms with Crippen LogP contribution >= 0.6 is 0 Å². The quantitative estimate of drug-likeness (QED) is 0.860. The molecule has 25 heavy (non-hydrogen) atoms. The number of hydrogen-bond acceptors (Lipinski definition) is 3. The third-order valence-electron chi connectivity index (χ3n) is 4.85. The van der Waals surface area contributed by atoms with Gasteiger partial charge in [0.05, 0.1) is 17.3 Å². The highest BCUT2D eigenvalue weighted by molar-refractivity contribution is 5.69. The van der Waals surface area contributed by atoms with Gasteiger partial charge in [-0.3, -0.25) is 4.98 Å². The van der Waals surface area contributed by atoms with Gasteiger partial charge in [0.1, 0.15) is 6.10 Å². The second-order valence-electron chi connectivity index (χ2n) is 6.43. The zero-order valence-electron chi connectivity index (χ0n) is 13.8. The fourth-order valence-electron chi connectivity index (χ4n) is 3.57. The topological polar surface area (TPSA) is 56.9 Å². The number of nitriles is 1. The molecule has 1 N–H and O–H groups in total. The number of nitrogens with zero attached hydrogens (tertiary/aromatic N) is 2. The molecule has 2 aliphatic rings. The van der Waals surface area contributed by atoms with E-state index in [1.807, 2.05) is 42.6 Å². The van der Waals surface area contributed by atoms with Crippen LogP contribution in [0.25, 0.3) is 5.57 Å². The molecule has 0 spiro atoms. The molecule has 0 bridgehead atoms. The van der Waals surface area contributed by atoms with Gasteiger partial charge in [-0.15, -0.1) is 0 Å². The van der Waals surface area contributed by atoms with Gasteiger partial charge in [0.15, 0.2) is 0 Å². The number of aliphatic hydroxyl groups is 1. The smallest absolute Gasteiger partial charge is 0.100 e. The van der Waals surface area contributed by atoms with E-state index in [-0.39, 0.29) is 0 Å². The summed E-state index contributed by atoms with van der Waals surface area (Å²) in [7, 11) is 0. The van der Waals surface area contributed by atoms with Gasteiger partial charge in [-0.2, -0.15) is 5.26 Å². The number of hydrogen-bond donors (Lipinski definition) is 1. The number of fused-ring (bicyclic) bond motifs is 2. The molecule has 1 aromatic carbocycles. The second-order valence-corrected chi connectivity index (χ2v) is 6.43. The number of benzene rings is 1. The SMILES string of the molecule is N#Cc1cccc2c1CC(O)c1ncc(C3=CC=CC=CC3)cc1C2. The van der Waals surface area contributed by atoms with E-state index < -0.39 is 6.10 Å². The standard InChI is InChI=1S/C22H18N2O/c23-13-17-9-5-8-16-10-18-11-19(15-6-3-1-2-4-7-15)14-24-22(18)21(25)12-20(16)17/h1-6,8-9,11,14,21,25H,7,10,12H2. The number of pyridine rings is 1. The summed E-state index contributed by atoms with van der Waals surface area (Å²) in [5, 5.41) is 20.0. The summed E-state index contributed by atoms with van der Waals surface area (Å²) in [5.41, 5.74) is 6.75. The van der Waals surface area contributed by atoms with Gasteiger partial charge >= 0.3 is 0 Å². The fourth-order valence-corrected chi connectivity index (χ4v) is 3.57. The van der Waals surface area contributed by atoms with Crippen molar-refractivity contribution in [3.8, 4) is 6.07 Å². The summed E-state index contributed by atoms with van der Waals surface area (Å²) >= 11 is 0. The number of aliphatic hydroxyl groups excluding tert-OH is 1. The Bertz CT molecular complexity index is 960. The van der Waals surface area contributed by atoms with Crippen LogP contribution in [0.2, 0.25) is 0 Å². The predicted molar refractivity (Wildman–Crippen MR) is 97.7 cm³/mol. The molecule has 0 fully saturated rings. The van der Waals surface area contributed by atoms with Gasteiger partial charge in [-0.1, -0.05) is 42.5 Å². The molecule has 2 aliphatic carbocycles. The second kappa shape index (κ2) is 6.51. The summed E-state index contributed by atoms with van der Waals surface area (Å²) in [6.07, 6.45) is 13.5. The average molecular weight is 326 g/mol. The molecule has 1 aromatic heterocycles. The minimum atomic E-state index is -0.678. The first-order chi connectivity index (χ1) is 12.3. The van der Waals surface area contributed by atoms with Crippen molar-refractivity contribution < 1.29 is 5.11 Å². The highest BCUT2D eigenvalue weighted by atomic mass is 16.3. The van der Waals surface area contributed by atoms with Gasteiger partial charge in [-0.05, 0) is 52.8 Å². The summed E-state index contributed by atoms with van der Waals surface area (Å²) in [6, 6.07) is 10.2. The van der Waals surface area contributed by atoms with Gasteiger partial charge < -0.3 is 5.11 Å². The Labute approximate surface area is 147 Å². The minimum absolute atomic E-state index is 0.437. The maximum Gasteiger partial charge on any atom is 0.100 e. The first-order valence-corrected chi connectivity index (χ1v) is 8.47. The van der Waals surface area contributed by atoms with E-state index in [2.05, 4.69) is 29.3 Å². The van der Waals surface area contributed by atoms with Crippen LogP contribution < -0.4 is 0 Å². The average Bonchev–Trinajstić information content (AvgIpc) is 2.98. The molecule has 3 nitrogen and oxygen atoms in total. The van der Waals surface area contributed by atoms with Crippen molar-refractivity contribution in [1.29, 1.82) is 5.26 Å². The van der Waals surface area contributed by atoms with E-state index in [0.29, 0.717) is 18.4 Å². The van der Waals surface area contributed by atoms with Crippen LogP contribution in [0.15, 0.2) is 60.8 Å². The third-order valence-corrected chi connectivity index (χ3v) is 4.85. The molecule has 0 amide bonds. The summed E-state index contributed by atoms with van der Waals surface area (Å²) in [6.45, 7) is 0. The lowest BCUT2D eigenvalue weighted by molar-refractivity contribution is 0.173. The Morgan fingerprint density at radius 2 is 2.08 bits per heavy atom. The van der Waals surface area contributed by atoms with Crippen LogP contribution in [0.1, 0.15) is 46.0 Å². The maximum absolute atomic E-state index is 10.6.